The molecule has 0 saturated carbocycles. The van der Waals surface area contributed by atoms with Gasteiger partial charge in [-0.1, -0.05) is 18.6 Å². The molecule has 39 valence electrons. The van der Waals surface area contributed by atoms with Crippen LogP contribution in [0, 0.1) is 12.3 Å². The Kier molecular flexibility index (Phi) is 1.18. The van der Waals surface area contributed by atoms with E-state index in [0.29, 0.717) is 0 Å². The van der Waals surface area contributed by atoms with Crippen molar-refractivity contribution in [1.82, 2.24) is 0 Å². The Balaban J connectivity index is 2.50. The van der Waals surface area contributed by atoms with Gasteiger partial charge in [0.15, 0.2) is 0 Å². The highest BCUT2D eigenvalue weighted by Crippen LogP contribution is 2.20. The molecule has 1 aliphatic rings. The summed E-state index contributed by atoms with van der Waals surface area (Å²) in [6, 6.07) is 0. The fourth-order valence-corrected chi connectivity index (χ4v) is 0.957. The lowest BCUT2D eigenvalue weighted by Gasteiger charge is -1.89. The molecule has 0 aromatic rings. The van der Waals surface area contributed by atoms with Gasteiger partial charge in [0.1, 0.15) is 0 Å². The fourth-order valence-electron chi connectivity index (χ4n) is 0.957. The number of allylic oxidation sites excluding steroid dienone is 2. The Bertz CT molecular complexity index is 90.2. The third kappa shape index (κ3) is 1.05. The lowest BCUT2D eigenvalue weighted by atomic mass is 10.2. The van der Waals surface area contributed by atoms with Crippen molar-refractivity contribution in [2.45, 2.75) is 20.3 Å². The zero-order valence-electron chi connectivity index (χ0n) is 4.94. The van der Waals surface area contributed by atoms with Gasteiger partial charge in [-0.3, -0.25) is 0 Å². The van der Waals surface area contributed by atoms with E-state index in [1.807, 2.05) is 0 Å². The second kappa shape index (κ2) is 1.69. The Hall–Kier alpha value is -0.260. The Labute approximate surface area is 45.2 Å². The third-order valence-corrected chi connectivity index (χ3v) is 1.36. The molecule has 1 aliphatic carbocycles. The van der Waals surface area contributed by atoms with E-state index in [1.165, 1.54) is 12.0 Å². The first-order chi connectivity index (χ1) is 3.29. The van der Waals surface area contributed by atoms with Crippen LogP contribution < -0.4 is 0 Å². The maximum absolute atomic E-state index is 2.31. The summed E-state index contributed by atoms with van der Waals surface area (Å²) in [4.78, 5) is 0. The van der Waals surface area contributed by atoms with Gasteiger partial charge in [-0.25, -0.2) is 0 Å². The van der Waals surface area contributed by atoms with Gasteiger partial charge in [-0.2, -0.15) is 0 Å². The molecule has 0 heteroatoms. The van der Waals surface area contributed by atoms with Crippen molar-refractivity contribution in [1.29, 1.82) is 0 Å². The zero-order chi connectivity index (χ0) is 5.28. The molecule has 1 rings (SSSR count). The normalized spacial score (nSPS) is 30.6. The minimum Gasteiger partial charge on any atom is -0.0824 e. The molecule has 0 N–H and O–H groups in total. The van der Waals surface area contributed by atoms with Crippen LogP contribution in [0.15, 0.2) is 11.6 Å². The predicted octanol–water partition coefficient (Wildman–Crippen LogP) is 2.18. The van der Waals surface area contributed by atoms with E-state index in [4.69, 9.17) is 0 Å². The average Bonchev–Trinajstić information content (AvgIpc) is 1.87. The molecule has 0 bridgehead atoms. The van der Waals surface area contributed by atoms with Crippen LogP contribution in [-0.2, 0) is 0 Å². The van der Waals surface area contributed by atoms with Gasteiger partial charge in [-0.15, -0.1) is 0 Å². The first kappa shape index (κ1) is 4.89. The van der Waals surface area contributed by atoms with Crippen LogP contribution in [0.2, 0.25) is 0 Å². The Morgan fingerprint density at radius 2 is 2.43 bits per heavy atom. The molecule has 0 aliphatic heterocycles. The fraction of sp³-hybridized carbons (Fsp3) is 0.571. The summed E-state index contributed by atoms with van der Waals surface area (Å²) >= 11 is 0. The highest BCUT2D eigenvalue weighted by atomic mass is 14.1. The van der Waals surface area contributed by atoms with Crippen molar-refractivity contribution in [2.75, 3.05) is 0 Å². The summed E-state index contributed by atoms with van der Waals surface area (Å²) in [5, 5.41) is 0. The molecular weight excluding hydrogens is 84.1 g/mol. The largest absolute Gasteiger partial charge is 0.0824 e. The SMILES string of the molecule is CC1=CC(C)C[CH]1. The van der Waals surface area contributed by atoms with E-state index >= 15 is 0 Å². The maximum atomic E-state index is 2.31. The zero-order valence-corrected chi connectivity index (χ0v) is 4.94. The molecular formula is C7H11. The maximum Gasteiger partial charge on any atom is -0.0135 e. The summed E-state index contributed by atoms with van der Waals surface area (Å²) in [5.41, 5.74) is 1.45. The van der Waals surface area contributed by atoms with Crippen LogP contribution in [0.25, 0.3) is 0 Å². The summed E-state index contributed by atoms with van der Waals surface area (Å²) in [6.45, 7) is 4.40. The van der Waals surface area contributed by atoms with E-state index < -0.39 is 0 Å². The van der Waals surface area contributed by atoms with Crippen molar-refractivity contribution < 1.29 is 0 Å². The second-order valence-corrected chi connectivity index (χ2v) is 2.33. The van der Waals surface area contributed by atoms with Crippen molar-refractivity contribution in [3.8, 4) is 0 Å². The third-order valence-electron chi connectivity index (χ3n) is 1.36. The molecule has 7 heavy (non-hydrogen) atoms. The van der Waals surface area contributed by atoms with E-state index in [9.17, 15) is 0 Å². The highest BCUT2D eigenvalue weighted by Gasteiger charge is 2.05. The molecule has 0 heterocycles. The van der Waals surface area contributed by atoms with Crippen LogP contribution in [0.1, 0.15) is 20.3 Å². The number of hydrogen-bond acceptors (Lipinski definition) is 0. The van der Waals surface area contributed by atoms with Gasteiger partial charge in [0.05, 0.1) is 0 Å². The molecule has 0 amide bonds. The summed E-state index contributed by atoms with van der Waals surface area (Å²) in [5.74, 6) is 0.806. The quantitative estimate of drug-likeness (QED) is 0.432. The topological polar surface area (TPSA) is 0 Å². The van der Waals surface area contributed by atoms with E-state index in [2.05, 4.69) is 26.3 Å². The molecule has 1 unspecified atom stereocenters. The van der Waals surface area contributed by atoms with E-state index in [-0.39, 0.29) is 0 Å². The molecule has 1 radical (unpaired) electrons. The second-order valence-electron chi connectivity index (χ2n) is 2.33. The molecule has 1 atom stereocenters. The van der Waals surface area contributed by atoms with Gasteiger partial charge in [0.2, 0.25) is 0 Å². The minimum absolute atomic E-state index is 0.806. The first-order valence-electron chi connectivity index (χ1n) is 2.80. The monoisotopic (exact) mass is 95.1 g/mol. The molecule has 0 fully saturated rings. The lowest BCUT2D eigenvalue weighted by molar-refractivity contribution is 0.756. The van der Waals surface area contributed by atoms with Gasteiger partial charge < -0.3 is 0 Å². The van der Waals surface area contributed by atoms with Crippen molar-refractivity contribution >= 4 is 0 Å². The smallest absolute Gasteiger partial charge is 0.0135 e. The van der Waals surface area contributed by atoms with Gasteiger partial charge in [0, 0.05) is 0 Å². The lowest BCUT2D eigenvalue weighted by Crippen LogP contribution is -1.77. The first-order valence-corrected chi connectivity index (χ1v) is 2.80. The molecule has 0 aromatic heterocycles. The highest BCUT2D eigenvalue weighted by molar-refractivity contribution is 5.18. The molecule has 0 aromatic carbocycles. The van der Waals surface area contributed by atoms with Gasteiger partial charge >= 0.3 is 0 Å². The summed E-state index contributed by atoms with van der Waals surface area (Å²) < 4.78 is 0. The van der Waals surface area contributed by atoms with E-state index in [0.717, 1.165) is 5.92 Å². The van der Waals surface area contributed by atoms with Crippen LogP contribution in [0.3, 0.4) is 0 Å². The molecule has 0 nitrogen and oxygen atoms in total. The number of hydrogen-bond donors (Lipinski definition) is 0. The van der Waals surface area contributed by atoms with Crippen LogP contribution in [-0.4, -0.2) is 0 Å². The predicted molar refractivity (Wildman–Crippen MR) is 31.8 cm³/mol. The van der Waals surface area contributed by atoms with Crippen LogP contribution >= 0.6 is 0 Å². The molecule has 0 saturated heterocycles. The van der Waals surface area contributed by atoms with Crippen LogP contribution in [0.4, 0.5) is 0 Å². The van der Waals surface area contributed by atoms with Crippen LogP contribution in [0.5, 0.6) is 0 Å². The number of rotatable bonds is 0. The van der Waals surface area contributed by atoms with E-state index in [1.54, 1.807) is 0 Å². The Morgan fingerprint density at radius 1 is 1.71 bits per heavy atom. The Morgan fingerprint density at radius 3 is 2.57 bits per heavy atom. The standard InChI is InChI=1S/C7H11/c1-6-3-4-7(2)5-6/h3,5,7H,4H2,1-2H3. The summed E-state index contributed by atoms with van der Waals surface area (Å²) in [6.07, 6.45) is 5.84. The van der Waals surface area contributed by atoms with Gasteiger partial charge in [-0.05, 0) is 25.7 Å². The molecule has 0 spiro atoms. The average molecular weight is 95.2 g/mol. The van der Waals surface area contributed by atoms with Gasteiger partial charge in [0.25, 0.3) is 0 Å². The van der Waals surface area contributed by atoms with Crippen molar-refractivity contribution in [2.24, 2.45) is 5.92 Å². The summed E-state index contributed by atoms with van der Waals surface area (Å²) in [7, 11) is 0. The van der Waals surface area contributed by atoms with Crippen molar-refractivity contribution in [3.05, 3.63) is 18.1 Å². The van der Waals surface area contributed by atoms with Crippen molar-refractivity contribution in [3.63, 3.8) is 0 Å². The minimum atomic E-state index is 0.806.